The SMILES string of the molecule is Nc1cc([N+](=O)[O-])ccc1Nc1ccc2c(c1)OCO2. The lowest BCUT2D eigenvalue weighted by Crippen LogP contribution is -1.98. The standard InChI is InChI=1S/C13H11N3O4/c14-10-6-9(16(17)18)2-3-11(10)15-8-1-4-12-13(5-8)20-7-19-12/h1-6,15H,7,14H2. The van der Waals surface area contributed by atoms with Crippen LogP contribution in [0.5, 0.6) is 11.5 Å². The molecule has 0 bridgehead atoms. The summed E-state index contributed by atoms with van der Waals surface area (Å²) in [7, 11) is 0. The molecule has 0 aliphatic carbocycles. The zero-order chi connectivity index (χ0) is 14.1. The number of ether oxygens (including phenoxy) is 2. The summed E-state index contributed by atoms with van der Waals surface area (Å²) in [5.41, 5.74) is 7.41. The van der Waals surface area contributed by atoms with Crippen LogP contribution in [0.15, 0.2) is 36.4 Å². The highest BCUT2D eigenvalue weighted by atomic mass is 16.7. The van der Waals surface area contributed by atoms with Crippen LogP contribution >= 0.6 is 0 Å². The quantitative estimate of drug-likeness (QED) is 0.506. The van der Waals surface area contributed by atoms with Gasteiger partial charge in [-0.3, -0.25) is 10.1 Å². The Morgan fingerprint density at radius 2 is 1.95 bits per heavy atom. The Morgan fingerprint density at radius 1 is 1.15 bits per heavy atom. The van der Waals surface area contributed by atoms with Crippen molar-refractivity contribution in [1.82, 2.24) is 0 Å². The Labute approximate surface area is 114 Å². The maximum Gasteiger partial charge on any atom is 0.271 e. The molecule has 7 nitrogen and oxygen atoms in total. The second-order valence-electron chi connectivity index (χ2n) is 4.22. The van der Waals surface area contributed by atoms with Crippen LogP contribution < -0.4 is 20.5 Å². The van der Waals surface area contributed by atoms with Gasteiger partial charge in [-0.25, -0.2) is 0 Å². The minimum Gasteiger partial charge on any atom is -0.454 e. The summed E-state index contributed by atoms with van der Waals surface area (Å²) < 4.78 is 10.5. The van der Waals surface area contributed by atoms with Crippen molar-refractivity contribution in [2.45, 2.75) is 0 Å². The average molecular weight is 273 g/mol. The van der Waals surface area contributed by atoms with Crippen molar-refractivity contribution in [1.29, 1.82) is 0 Å². The minimum atomic E-state index is -0.485. The highest BCUT2D eigenvalue weighted by Gasteiger charge is 2.14. The number of rotatable bonds is 3. The topological polar surface area (TPSA) is 99.7 Å². The Bertz CT molecular complexity index is 687. The van der Waals surface area contributed by atoms with E-state index in [1.54, 1.807) is 18.2 Å². The summed E-state index contributed by atoms with van der Waals surface area (Å²) in [4.78, 5) is 10.2. The van der Waals surface area contributed by atoms with Gasteiger partial charge < -0.3 is 20.5 Å². The number of benzene rings is 2. The van der Waals surface area contributed by atoms with Crippen LogP contribution in [0, 0.1) is 10.1 Å². The summed E-state index contributed by atoms with van der Waals surface area (Å²) in [6, 6.07) is 9.66. The van der Waals surface area contributed by atoms with E-state index in [0.717, 1.165) is 5.69 Å². The molecule has 7 heteroatoms. The van der Waals surface area contributed by atoms with E-state index in [9.17, 15) is 10.1 Å². The number of nitrogens with two attached hydrogens (primary N) is 1. The van der Waals surface area contributed by atoms with E-state index in [-0.39, 0.29) is 12.5 Å². The lowest BCUT2D eigenvalue weighted by Gasteiger charge is -2.09. The van der Waals surface area contributed by atoms with Crippen LogP contribution in [-0.4, -0.2) is 11.7 Å². The van der Waals surface area contributed by atoms with Crippen molar-refractivity contribution in [3.63, 3.8) is 0 Å². The molecule has 20 heavy (non-hydrogen) atoms. The second-order valence-corrected chi connectivity index (χ2v) is 4.22. The summed E-state index contributed by atoms with van der Waals surface area (Å²) in [5.74, 6) is 1.34. The Morgan fingerprint density at radius 3 is 2.70 bits per heavy atom. The van der Waals surface area contributed by atoms with Gasteiger partial charge in [0.15, 0.2) is 11.5 Å². The van der Waals surface area contributed by atoms with E-state index < -0.39 is 4.92 Å². The van der Waals surface area contributed by atoms with E-state index >= 15 is 0 Å². The Hall–Kier alpha value is -2.96. The van der Waals surface area contributed by atoms with Gasteiger partial charge in [0.25, 0.3) is 5.69 Å². The molecule has 2 aromatic rings. The first-order valence-corrected chi connectivity index (χ1v) is 5.84. The number of fused-ring (bicyclic) bond motifs is 1. The number of nitrogens with zero attached hydrogens (tertiary/aromatic N) is 1. The molecule has 0 unspecified atom stereocenters. The van der Waals surface area contributed by atoms with Crippen LogP contribution in [0.1, 0.15) is 0 Å². The van der Waals surface area contributed by atoms with E-state index in [0.29, 0.717) is 22.9 Å². The van der Waals surface area contributed by atoms with Crippen LogP contribution in [-0.2, 0) is 0 Å². The molecular weight excluding hydrogens is 262 g/mol. The number of hydrogen-bond acceptors (Lipinski definition) is 6. The largest absolute Gasteiger partial charge is 0.454 e. The van der Waals surface area contributed by atoms with E-state index in [4.69, 9.17) is 15.2 Å². The predicted octanol–water partition coefficient (Wildman–Crippen LogP) is 2.65. The summed E-state index contributed by atoms with van der Waals surface area (Å²) >= 11 is 0. The van der Waals surface area contributed by atoms with Gasteiger partial charge in [-0.1, -0.05) is 0 Å². The van der Waals surface area contributed by atoms with Crippen molar-refractivity contribution in [2.75, 3.05) is 17.8 Å². The number of nitrogens with one attached hydrogen (secondary N) is 1. The van der Waals surface area contributed by atoms with Crippen LogP contribution in [0.25, 0.3) is 0 Å². The van der Waals surface area contributed by atoms with E-state index in [2.05, 4.69) is 5.32 Å². The van der Waals surface area contributed by atoms with Crippen LogP contribution in [0.4, 0.5) is 22.7 Å². The molecule has 0 spiro atoms. The second kappa shape index (κ2) is 4.61. The molecular formula is C13H11N3O4. The van der Waals surface area contributed by atoms with Gasteiger partial charge in [0.2, 0.25) is 6.79 Å². The highest BCUT2D eigenvalue weighted by molar-refractivity contribution is 5.75. The smallest absolute Gasteiger partial charge is 0.271 e. The highest BCUT2D eigenvalue weighted by Crippen LogP contribution is 2.36. The van der Waals surface area contributed by atoms with E-state index in [1.165, 1.54) is 12.1 Å². The average Bonchev–Trinajstić information content (AvgIpc) is 2.88. The first kappa shape index (κ1) is 12.1. The first-order chi connectivity index (χ1) is 9.63. The molecule has 0 fully saturated rings. The lowest BCUT2D eigenvalue weighted by atomic mass is 10.2. The zero-order valence-corrected chi connectivity index (χ0v) is 10.3. The van der Waals surface area contributed by atoms with Gasteiger partial charge in [-0.15, -0.1) is 0 Å². The molecule has 0 atom stereocenters. The van der Waals surface area contributed by atoms with Gasteiger partial charge in [0.1, 0.15) is 0 Å². The third-order valence-electron chi connectivity index (χ3n) is 2.90. The normalized spacial score (nSPS) is 12.2. The molecule has 102 valence electrons. The molecule has 0 saturated carbocycles. The van der Waals surface area contributed by atoms with Crippen molar-refractivity contribution in [2.24, 2.45) is 0 Å². The number of anilines is 3. The first-order valence-electron chi connectivity index (χ1n) is 5.84. The maximum atomic E-state index is 10.6. The number of nitro groups is 1. The van der Waals surface area contributed by atoms with Gasteiger partial charge in [0.05, 0.1) is 16.3 Å². The Kier molecular flexibility index (Phi) is 2.79. The van der Waals surface area contributed by atoms with Crippen molar-refractivity contribution in [3.05, 3.63) is 46.5 Å². The minimum absolute atomic E-state index is 0.0428. The summed E-state index contributed by atoms with van der Waals surface area (Å²) in [6.07, 6.45) is 0. The molecule has 0 amide bonds. The van der Waals surface area contributed by atoms with Crippen molar-refractivity contribution >= 4 is 22.7 Å². The fourth-order valence-corrected chi connectivity index (χ4v) is 1.91. The van der Waals surface area contributed by atoms with Gasteiger partial charge in [-0.05, 0) is 18.2 Å². The third kappa shape index (κ3) is 2.16. The lowest BCUT2D eigenvalue weighted by molar-refractivity contribution is -0.384. The molecule has 0 saturated heterocycles. The third-order valence-corrected chi connectivity index (χ3v) is 2.90. The zero-order valence-electron chi connectivity index (χ0n) is 10.3. The maximum absolute atomic E-state index is 10.6. The van der Waals surface area contributed by atoms with Crippen molar-refractivity contribution < 1.29 is 14.4 Å². The fraction of sp³-hybridized carbons (Fsp3) is 0.0769. The molecule has 0 aromatic heterocycles. The molecule has 1 aliphatic heterocycles. The molecule has 0 radical (unpaired) electrons. The number of non-ortho nitro benzene ring substituents is 1. The van der Waals surface area contributed by atoms with E-state index in [1.807, 2.05) is 6.07 Å². The molecule has 3 N–H and O–H groups in total. The number of nitrogen functional groups attached to an aromatic ring is 1. The molecule has 3 rings (SSSR count). The monoisotopic (exact) mass is 273 g/mol. The predicted molar refractivity (Wildman–Crippen MR) is 73.4 cm³/mol. The summed E-state index contributed by atoms with van der Waals surface area (Å²) in [6.45, 7) is 0.207. The molecule has 2 aromatic carbocycles. The van der Waals surface area contributed by atoms with Gasteiger partial charge >= 0.3 is 0 Å². The van der Waals surface area contributed by atoms with Crippen LogP contribution in [0.3, 0.4) is 0 Å². The Balaban J connectivity index is 1.86. The van der Waals surface area contributed by atoms with Crippen molar-refractivity contribution in [3.8, 4) is 11.5 Å². The fourth-order valence-electron chi connectivity index (χ4n) is 1.91. The van der Waals surface area contributed by atoms with Gasteiger partial charge in [-0.2, -0.15) is 0 Å². The van der Waals surface area contributed by atoms with Gasteiger partial charge in [0, 0.05) is 23.9 Å². The number of nitro benzene ring substituents is 1. The summed E-state index contributed by atoms with van der Waals surface area (Å²) in [5, 5.41) is 13.7. The number of hydrogen-bond donors (Lipinski definition) is 2. The van der Waals surface area contributed by atoms with Crippen LogP contribution in [0.2, 0.25) is 0 Å². The molecule has 1 aliphatic rings. The molecule has 1 heterocycles.